The first kappa shape index (κ1) is 14.5. The van der Waals surface area contributed by atoms with Crippen LogP contribution < -0.4 is 10.7 Å². The van der Waals surface area contributed by atoms with E-state index in [4.69, 9.17) is 0 Å². The number of hydrogen-bond acceptors (Lipinski definition) is 5. The number of hydrazone groups is 1. The van der Waals surface area contributed by atoms with Gasteiger partial charge in [-0.1, -0.05) is 30.3 Å². The van der Waals surface area contributed by atoms with Crippen LogP contribution in [0.4, 0.5) is 0 Å². The summed E-state index contributed by atoms with van der Waals surface area (Å²) in [5, 5.41) is 7.30. The number of hydrogen-bond donors (Lipinski definition) is 2. The molecule has 0 aliphatic carbocycles. The first-order valence-corrected chi connectivity index (χ1v) is 6.32. The Morgan fingerprint density at radius 1 is 1.33 bits per heavy atom. The molecule has 0 atom stereocenters. The van der Waals surface area contributed by atoms with Crippen molar-refractivity contribution in [2.24, 2.45) is 5.10 Å². The molecule has 0 spiro atoms. The minimum atomic E-state index is -0.0791. The zero-order valence-electron chi connectivity index (χ0n) is 10.8. The lowest BCUT2D eigenvalue weighted by atomic mass is 10.1. The van der Waals surface area contributed by atoms with Gasteiger partial charge in [-0.3, -0.25) is 4.79 Å². The van der Waals surface area contributed by atoms with Crippen LogP contribution >= 0.6 is 11.9 Å². The second-order valence-electron chi connectivity index (χ2n) is 3.75. The summed E-state index contributed by atoms with van der Waals surface area (Å²) in [6.45, 7) is 0. The van der Waals surface area contributed by atoms with Crippen LogP contribution in [0.3, 0.4) is 0 Å². The average molecular weight is 266 g/mol. The molecule has 98 valence electrons. The van der Waals surface area contributed by atoms with E-state index in [0.717, 1.165) is 5.56 Å². The molecule has 0 aromatic heterocycles. The third kappa shape index (κ3) is 5.70. The SMILES string of the molecule is CN/N=C(/NC(=O)Cc1ccccc1)SN(C)C. The van der Waals surface area contributed by atoms with E-state index in [9.17, 15) is 4.79 Å². The minimum Gasteiger partial charge on any atom is -0.311 e. The summed E-state index contributed by atoms with van der Waals surface area (Å²) in [5.74, 6) is -0.0791. The Balaban J connectivity index is 2.54. The highest BCUT2D eigenvalue weighted by Crippen LogP contribution is 2.05. The van der Waals surface area contributed by atoms with Crippen LogP contribution in [0, 0.1) is 0 Å². The molecule has 0 unspecified atom stereocenters. The number of carbonyl (C=O) groups is 1. The maximum absolute atomic E-state index is 11.8. The molecule has 0 radical (unpaired) electrons. The fourth-order valence-corrected chi connectivity index (χ4v) is 1.93. The van der Waals surface area contributed by atoms with Gasteiger partial charge in [0.25, 0.3) is 0 Å². The molecule has 1 aromatic carbocycles. The molecule has 0 saturated carbocycles. The van der Waals surface area contributed by atoms with E-state index in [1.54, 1.807) is 7.05 Å². The second kappa shape index (κ2) is 7.73. The van der Waals surface area contributed by atoms with Gasteiger partial charge in [-0.15, -0.1) is 0 Å². The molecule has 6 heteroatoms. The molecule has 2 N–H and O–H groups in total. The fraction of sp³-hybridized carbons (Fsp3) is 0.333. The van der Waals surface area contributed by atoms with Crippen LogP contribution in [0.15, 0.2) is 35.4 Å². The Bertz CT molecular complexity index is 406. The monoisotopic (exact) mass is 266 g/mol. The molecule has 0 saturated heterocycles. The summed E-state index contributed by atoms with van der Waals surface area (Å²) >= 11 is 1.35. The van der Waals surface area contributed by atoms with Crippen LogP contribution in [0.2, 0.25) is 0 Å². The van der Waals surface area contributed by atoms with Crippen molar-refractivity contribution in [1.29, 1.82) is 0 Å². The predicted octanol–water partition coefficient (Wildman–Crippen LogP) is 1.05. The minimum absolute atomic E-state index is 0.0791. The zero-order valence-corrected chi connectivity index (χ0v) is 11.6. The maximum atomic E-state index is 11.8. The van der Waals surface area contributed by atoms with Gasteiger partial charge in [0.1, 0.15) is 0 Å². The normalized spacial score (nSPS) is 11.4. The molecule has 1 aromatic rings. The quantitative estimate of drug-likeness (QED) is 0.370. The molecule has 0 aliphatic heterocycles. The molecular weight excluding hydrogens is 248 g/mol. The highest BCUT2D eigenvalue weighted by atomic mass is 32.2. The lowest BCUT2D eigenvalue weighted by Gasteiger charge is -2.12. The van der Waals surface area contributed by atoms with E-state index in [1.807, 2.05) is 48.7 Å². The number of nitrogens with one attached hydrogen (secondary N) is 2. The van der Waals surface area contributed by atoms with Crippen molar-refractivity contribution in [2.45, 2.75) is 6.42 Å². The van der Waals surface area contributed by atoms with Gasteiger partial charge in [-0.2, -0.15) is 5.10 Å². The van der Waals surface area contributed by atoms with Crippen molar-refractivity contribution < 1.29 is 4.79 Å². The standard InChI is InChI=1S/C12H18N4OS/c1-13-15-12(18-16(2)3)14-11(17)9-10-7-5-4-6-8-10/h4-8,13H,9H2,1-3H3,(H,14,15,17). The van der Waals surface area contributed by atoms with Crippen molar-refractivity contribution in [3.05, 3.63) is 35.9 Å². The molecular formula is C12H18N4OS. The Hall–Kier alpha value is -1.53. The number of nitrogens with zero attached hydrogens (tertiary/aromatic N) is 2. The van der Waals surface area contributed by atoms with Crippen LogP contribution in [-0.2, 0) is 11.2 Å². The van der Waals surface area contributed by atoms with Gasteiger partial charge in [0, 0.05) is 7.05 Å². The van der Waals surface area contributed by atoms with Gasteiger partial charge in [0.15, 0.2) is 0 Å². The van der Waals surface area contributed by atoms with Crippen LogP contribution in [0.5, 0.6) is 0 Å². The molecule has 1 rings (SSSR count). The van der Waals surface area contributed by atoms with E-state index in [1.165, 1.54) is 11.9 Å². The van der Waals surface area contributed by atoms with E-state index in [0.29, 0.717) is 11.6 Å². The van der Waals surface area contributed by atoms with Gasteiger partial charge in [-0.05, 0) is 31.6 Å². The largest absolute Gasteiger partial charge is 0.311 e. The highest BCUT2D eigenvalue weighted by Gasteiger charge is 2.09. The molecule has 0 bridgehead atoms. The molecule has 0 fully saturated rings. The third-order valence-corrected chi connectivity index (χ3v) is 2.67. The maximum Gasteiger partial charge on any atom is 0.230 e. The highest BCUT2D eigenvalue weighted by molar-refractivity contribution is 8.11. The number of amidine groups is 1. The number of rotatable bonds is 4. The van der Waals surface area contributed by atoms with E-state index in [2.05, 4.69) is 15.8 Å². The number of amides is 1. The number of carbonyl (C=O) groups excluding carboxylic acids is 1. The summed E-state index contributed by atoms with van der Waals surface area (Å²) in [5.41, 5.74) is 3.65. The van der Waals surface area contributed by atoms with Crippen LogP contribution in [0.1, 0.15) is 5.56 Å². The Morgan fingerprint density at radius 2 is 2.00 bits per heavy atom. The van der Waals surface area contributed by atoms with E-state index >= 15 is 0 Å². The molecule has 0 aliphatic rings. The van der Waals surface area contributed by atoms with Gasteiger partial charge < -0.3 is 10.7 Å². The first-order valence-electron chi connectivity index (χ1n) is 5.55. The molecule has 1 amide bonds. The summed E-state index contributed by atoms with van der Waals surface area (Å²) in [6.07, 6.45) is 0.345. The first-order chi connectivity index (χ1) is 8.61. The smallest absolute Gasteiger partial charge is 0.230 e. The van der Waals surface area contributed by atoms with Crippen molar-refractivity contribution in [1.82, 2.24) is 15.0 Å². The summed E-state index contributed by atoms with van der Waals surface area (Å²) in [7, 11) is 5.47. The van der Waals surface area contributed by atoms with E-state index in [-0.39, 0.29) is 5.91 Å². The Morgan fingerprint density at radius 3 is 2.56 bits per heavy atom. The van der Waals surface area contributed by atoms with Crippen LogP contribution in [0.25, 0.3) is 0 Å². The predicted molar refractivity (Wildman–Crippen MR) is 76.1 cm³/mol. The topological polar surface area (TPSA) is 56.7 Å². The Kier molecular flexibility index (Phi) is 6.24. The van der Waals surface area contributed by atoms with Gasteiger partial charge >= 0.3 is 0 Å². The summed E-state index contributed by atoms with van der Waals surface area (Å²) in [4.78, 5) is 11.8. The zero-order chi connectivity index (χ0) is 13.4. The van der Waals surface area contributed by atoms with Crippen molar-refractivity contribution in [3.8, 4) is 0 Å². The van der Waals surface area contributed by atoms with Gasteiger partial charge in [-0.25, -0.2) is 4.31 Å². The molecule has 18 heavy (non-hydrogen) atoms. The van der Waals surface area contributed by atoms with Gasteiger partial charge in [0.2, 0.25) is 11.1 Å². The lowest BCUT2D eigenvalue weighted by Crippen LogP contribution is -2.32. The van der Waals surface area contributed by atoms with Crippen molar-refractivity contribution in [2.75, 3.05) is 21.1 Å². The lowest BCUT2D eigenvalue weighted by molar-refractivity contribution is -0.119. The number of benzene rings is 1. The van der Waals surface area contributed by atoms with E-state index < -0.39 is 0 Å². The second-order valence-corrected chi connectivity index (χ2v) is 5.05. The van der Waals surface area contributed by atoms with Crippen LogP contribution in [-0.4, -0.2) is 36.5 Å². The Labute approximate surface area is 112 Å². The molecule has 0 heterocycles. The molecule has 5 nitrogen and oxygen atoms in total. The summed E-state index contributed by atoms with van der Waals surface area (Å²) in [6, 6.07) is 9.61. The van der Waals surface area contributed by atoms with Gasteiger partial charge in [0.05, 0.1) is 6.42 Å². The fourth-order valence-electron chi connectivity index (χ4n) is 1.29. The average Bonchev–Trinajstić information content (AvgIpc) is 2.29. The third-order valence-electron chi connectivity index (χ3n) is 1.94. The van der Waals surface area contributed by atoms with Crippen molar-refractivity contribution >= 4 is 23.0 Å². The van der Waals surface area contributed by atoms with Crippen molar-refractivity contribution in [3.63, 3.8) is 0 Å². The summed E-state index contributed by atoms with van der Waals surface area (Å²) < 4.78 is 1.86.